The van der Waals surface area contributed by atoms with Gasteiger partial charge < -0.3 is 0 Å². The van der Waals surface area contributed by atoms with Crippen LogP contribution < -0.4 is 0 Å². The summed E-state index contributed by atoms with van der Waals surface area (Å²) in [6.07, 6.45) is -3.42. The Morgan fingerprint density at radius 1 is 0.950 bits per heavy atom. The number of benzene rings is 1. The molecule has 0 unspecified atom stereocenters. The quantitative estimate of drug-likeness (QED) is 0.678. The molecule has 0 fully saturated rings. The molecule has 1 aromatic carbocycles. The van der Waals surface area contributed by atoms with E-state index in [1.807, 2.05) is 0 Å². The Kier molecular flexibility index (Phi) is 2.90. The van der Waals surface area contributed by atoms with Gasteiger partial charge in [0, 0.05) is 16.8 Å². The smallest absolute Gasteiger partial charge is 0.282 e. The molecular weight excluding hydrogens is 291 g/mol. The highest BCUT2D eigenvalue weighted by molar-refractivity contribution is 6.30. The van der Waals surface area contributed by atoms with Crippen LogP contribution in [0, 0.1) is 0 Å². The zero-order valence-corrected chi connectivity index (χ0v) is 10.7. The van der Waals surface area contributed by atoms with Crippen LogP contribution in [0.3, 0.4) is 0 Å². The minimum absolute atomic E-state index is 0.336. The number of halogens is 4. The standard InChI is InChI=1S/C13H7ClF3N3/c14-10-4-1-8(2-5-10)12-19-18-11-6-3-9(7-20(11)12)13(15,16)17/h1-7H. The van der Waals surface area contributed by atoms with Gasteiger partial charge >= 0.3 is 6.18 Å². The minimum atomic E-state index is -4.41. The Morgan fingerprint density at radius 2 is 1.65 bits per heavy atom. The van der Waals surface area contributed by atoms with Crippen LogP contribution in [0.1, 0.15) is 5.56 Å². The van der Waals surface area contributed by atoms with Gasteiger partial charge in [0.2, 0.25) is 0 Å². The maximum absolute atomic E-state index is 12.7. The fourth-order valence-corrected chi connectivity index (χ4v) is 1.98. The second-order valence-electron chi connectivity index (χ2n) is 4.17. The van der Waals surface area contributed by atoms with Gasteiger partial charge in [-0.25, -0.2) is 0 Å². The third-order valence-electron chi connectivity index (χ3n) is 2.83. The topological polar surface area (TPSA) is 30.2 Å². The molecule has 0 bridgehead atoms. The third kappa shape index (κ3) is 2.22. The molecule has 20 heavy (non-hydrogen) atoms. The maximum Gasteiger partial charge on any atom is 0.417 e. The van der Waals surface area contributed by atoms with Crippen LogP contribution in [0.25, 0.3) is 17.0 Å². The van der Waals surface area contributed by atoms with E-state index in [4.69, 9.17) is 11.6 Å². The molecule has 2 aromatic heterocycles. The number of fused-ring (bicyclic) bond motifs is 1. The molecule has 3 nitrogen and oxygen atoms in total. The second kappa shape index (κ2) is 4.49. The Morgan fingerprint density at radius 3 is 2.30 bits per heavy atom. The Balaban J connectivity index is 2.19. The van der Waals surface area contributed by atoms with Crippen molar-refractivity contribution in [1.29, 1.82) is 0 Å². The monoisotopic (exact) mass is 297 g/mol. The highest BCUT2D eigenvalue weighted by Crippen LogP contribution is 2.30. The highest BCUT2D eigenvalue weighted by Gasteiger charge is 2.31. The van der Waals surface area contributed by atoms with Crippen molar-refractivity contribution in [1.82, 2.24) is 14.6 Å². The van der Waals surface area contributed by atoms with Gasteiger partial charge in [-0.05, 0) is 36.4 Å². The van der Waals surface area contributed by atoms with Crippen LogP contribution in [0.2, 0.25) is 5.02 Å². The predicted molar refractivity (Wildman–Crippen MR) is 68.4 cm³/mol. The van der Waals surface area contributed by atoms with Crippen LogP contribution in [0.4, 0.5) is 13.2 Å². The second-order valence-corrected chi connectivity index (χ2v) is 4.61. The summed E-state index contributed by atoms with van der Waals surface area (Å²) in [6.45, 7) is 0. The molecule has 0 radical (unpaired) electrons. The SMILES string of the molecule is FC(F)(F)c1ccc2nnc(-c3ccc(Cl)cc3)n2c1. The molecule has 3 rings (SSSR count). The van der Waals surface area contributed by atoms with Crippen LogP contribution in [0.5, 0.6) is 0 Å². The lowest BCUT2D eigenvalue weighted by atomic mass is 10.2. The maximum atomic E-state index is 12.7. The van der Waals surface area contributed by atoms with Crippen molar-refractivity contribution in [2.75, 3.05) is 0 Å². The number of alkyl halides is 3. The Hall–Kier alpha value is -2.08. The molecule has 0 N–H and O–H groups in total. The average Bonchev–Trinajstić information content (AvgIpc) is 2.81. The van der Waals surface area contributed by atoms with Crippen molar-refractivity contribution in [3.8, 4) is 11.4 Å². The summed E-state index contributed by atoms with van der Waals surface area (Å²) >= 11 is 5.78. The number of hydrogen-bond donors (Lipinski definition) is 0. The fourth-order valence-electron chi connectivity index (χ4n) is 1.85. The van der Waals surface area contributed by atoms with Crippen molar-refractivity contribution in [3.05, 3.63) is 53.2 Å². The molecule has 0 aliphatic rings. The summed E-state index contributed by atoms with van der Waals surface area (Å²) in [5, 5.41) is 8.31. The summed E-state index contributed by atoms with van der Waals surface area (Å²) in [7, 11) is 0. The summed E-state index contributed by atoms with van der Waals surface area (Å²) in [4.78, 5) is 0. The first-order valence-corrected chi connectivity index (χ1v) is 6.01. The molecule has 0 amide bonds. The zero-order valence-electron chi connectivity index (χ0n) is 9.89. The molecule has 3 aromatic rings. The molecule has 0 aliphatic carbocycles. The molecule has 2 heterocycles. The largest absolute Gasteiger partial charge is 0.417 e. The first-order valence-electron chi connectivity index (χ1n) is 5.63. The van der Waals surface area contributed by atoms with Gasteiger partial charge in [0.1, 0.15) is 0 Å². The molecule has 0 atom stereocenters. The van der Waals surface area contributed by atoms with E-state index in [0.717, 1.165) is 12.3 Å². The normalized spacial score (nSPS) is 12.0. The van der Waals surface area contributed by atoms with Gasteiger partial charge in [0.25, 0.3) is 0 Å². The molecule has 102 valence electrons. The molecule has 0 saturated heterocycles. The lowest BCUT2D eigenvalue weighted by molar-refractivity contribution is -0.137. The van der Waals surface area contributed by atoms with Crippen LogP contribution in [-0.4, -0.2) is 14.6 Å². The van der Waals surface area contributed by atoms with Crippen LogP contribution >= 0.6 is 11.6 Å². The van der Waals surface area contributed by atoms with E-state index in [9.17, 15) is 13.2 Å². The molecule has 0 spiro atoms. The lowest BCUT2D eigenvalue weighted by Crippen LogP contribution is -2.06. The number of pyridine rings is 1. The molecular formula is C13H7ClF3N3. The highest BCUT2D eigenvalue weighted by atomic mass is 35.5. The van der Waals surface area contributed by atoms with E-state index in [-0.39, 0.29) is 0 Å². The lowest BCUT2D eigenvalue weighted by Gasteiger charge is -2.07. The van der Waals surface area contributed by atoms with Crippen molar-refractivity contribution in [2.45, 2.75) is 6.18 Å². The van der Waals surface area contributed by atoms with Crippen molar-refractivity contribution < 1.29 is 13.2 Å². The summed E-state index contributed by atoms with van der Waals surface area (Å²) in [5.41, 5.74) is 0.240. The van der Waals surface area contributed by atoms with E-state index < -0.39 is 11.7 Å². The van der Waals surface area contributed by atoms with Gasteiger partial charge in [-0.3, -0.25) is 4.40 Å². The van der Waals surface area contributed by atoms with E-state index in [0.29, 0.717) is 22.1 Å². The number of nitrogens with zero attached hydrogens (tertiary/aromatic N) is 3. The summed E-state index contributed by atoms with van der Waals surface area (Å²) in [6, 6.07) is 8.92. The first kappa shape index (κ1) is 12.9. The summed E-state index contributed by atoms with van der Waals surface area (Å²) in [5.74, 6) is 0.336. The summed E-state index contributed by atoms with van der Waals surface area (Å²) < 4.78 is 39.5. The van der Waals surface area contributed by atoms with Crippen molar-refractivity contribution >= 4 is 17.2 Å². The van der Waals surface area contributed by atoms with Crippen LogP contribution in [-0.2, 0) is 6.18 Å². The van der Waals surface area contributed by atoms with Gasteiger partial charge in [-0.15, -0.1) is 10.2 Å². The van der Waals surface area contributed by atoms with Crippen molar-refractivity contribution in [2.24, 2.45) is 0 Å². The van der Waals surface area contributed by atoms with Gasteiger partial charge in [-0.2, -0.15) is 13.2 Å². The molecule has 0 saturated carbocycles. The number of aromatic nitrogens is 3. The third-order valence-corrected chi connectivity index (χ3v) is 3.08. The van der Waals surface area contributed by atoms with E-state index in [1.54, 1.807) is 24.3 Å². The Labute approximate surface area is 116 Å². The van der Waals surface area contributed by atoms with E-state index >= 15 is 0 Å². The zero-order chi connectivity index (χ0) is 14.3. The predicted octanol–water partition coefficient (Wildman–Crippen LogP) is 4.07. The van der Waals surface area contributed by atoms with Gasteiger partial charge in [0.05, 0.1) is 5.56 Å². The van der Waals surface area contributed by atoms with Gasteiger partial charge in [0.15, 0.2) is 11.5 Å². The number of rotatable bonds is 1. The number of hydrogen-bond acceptors (Lipinski definition) is 2. The van der Waals surface area contributed by atoms with E-state index in [2.05, 4.69) is 10.2 Å². The fraction of sp³-hybridized carbons (Fsp3) is 0.0769. The average molecular weight is 298 g/mol. The molecule has 7 heteroatoms. The van der Waals surface area contributed by atoms with E-state index in [1.165, 1.54) is 10.5 Å². The first-order chi connectivity index (χ1) is 9.45. The minimum Gasteiger partial charge on any atom is -0.282 e. The van der Waals surface area contributed by atoms with Crippen molar-refractivity contribution in [3.63, 3.8) is 0 Å². The van der Waals surface area contributed by atoms with Gasteiger partial charge in [-0.1, -0.05) is 11.6 Å². The molecule has 0 aliphatic heterocycles. The van der Waals surface area contributed by atoms with Crippen LogP contribution in [0.15, 0.2) is 42.6 Å². The Bertz CT molecular complexity index is 763.